The van der Waals surface area contributed by atoms with Crippen LogP contribution < -0.4 is 19.7 Å². The highest BCUT2D eigenvalue weighted by Crippen LogP contribution is 2.43. The number of sulfone groups is 1. The number of rotatable bonds is 9. The molecule has 0 spiro atoms. The molecule has 0 atom stereocenters. The first-order chi connectivity index (χ1) is 16.5. The summed E-state index contributed by atoms with van der Waals surface area (Å²) in [7, 11) is -3.64. The van der Waals surface area contributed by atoms with Gasteiger partial charge in [0.25, 0.3) is 0 Å². The fourth-order valence-electron chi connectivity index (χ4n) is 4.03. The van der Waals surface area contributed by atoms with E-state index < -0.39 is 9.84 Å². The molecule has 178 valence electrons. The lowest BCUT2D eigenvalue weighted by Crippen LogP contribution is -2.38. The van der Waals surface area contributed by atoms with Crippen molar-refractivity contribution in [2.75, 3.05) is 31.2 Å². The van der Waals surface area contributed by atoms with Gasteiger partial charge in [-0.2, -0.15) is 0 Å². The molecule has 8 heteroatoms. The highest BCUT2D eigenvalue weighted by atomic mass is 32.2. The minimum absolute atomic E-state index is 0.0109. The fourth-order valence-corrected chi connectivity index (χ4v) is 5.69. The van der Waals surface area contributed by atoms with Crippen LogP contribution in [0.2, 0.25) is 0 Å². The monoisotopic (exact) mass is 480 g/mol. The first kappa shape index (κ1) is 23.6. The van der Waals surface area contributed by atoms with Crippen LogP contribution in [0.1, 0.15) is 19.4 Å². The van der Waals surface area contributed by atoms with Crippen molar-refractivity contribution in [1.82, 2.24) is 5.32 Å². The first-order valence-electron chi connectivity index (χ1n) is 11.3. The SMILES string of the molecule is CCOc1ccc(CCNC(=O)CN2c3ccccc3S(=O)(=O)c3ccccc32)cc1OCC. The van der Waals surface area contributed by atoms with Crippen LogP contribution in [-0.4, -0.2) is 40.6 Å². The number of fused-ring (bicyclic) bond motifs is 2. The molecule has 7 nitrogen and oxygen atoms in total. The molecule has 0 unspecified atom stereocenters. The van der Waals surface area contributed by atoms with E-state index in [0.29, 0.717) is 49.1 Å². The predicted molar refractivity (Wildman–Crippen MR) is 131 cm³/mol. The van der Waals surface area contributed by atoms with Crippen molar-refractivity contribution in [2.45, 2.75) is 30.1 Å². The molecule has 1 aliphatic rings. The average Bonchev–Trinajstić information content (AvgIpc) is 2.84. The number of carbonyl (C=O) groups is 1. The van der Waals surface area contributed by atoms with Crippen molar-refractivity contribution in [2.24, 2.45) is 0 Å². The highest BCUT2D eigenvalue weighted by Gasteiger charge is 2.34. The Bertz CT molecular complexity index is 1240. The Morgan fingerprint density at radius 3 is 2.06 bits per heavy atom. The van der Waals surface area contributed by atoms with Crippen LogP contribution in [0.15, 0.2) is 76.5 Å². The summed E-state index contributed by atoms with van der Waals surface area (Å²) in [4.78, 5) is 15.0. The molecule has 1 N–H and O–H groups in total. The number of hydrogen-bond donors (Lipinski definition) is 1. The third kappa shape index (κ3) is 4.72. The zero-order valence-corrected chi connectivity index (χ0v) is 20.1. The van der Waals surface area contributed by atoms with Crippen molar-refractivity contribution >= 4 is 27.1 Å². The van der Waals surface area contributed by atoms with Crippen molar-refractivity contribution in [3.8, 4) is 11.5 Å². The van der Waals surface area contributed by atoms with Gasteiger partial charge in [-0.25, -0.2) is 8.42 Å². The smallest absolute Gasteiger partial charge is 0.239 e. The maximum absolute atomic E-state index is 13.0. The van der Waals surface area contributed by atoms with Crippen LogP contribution in [0.4, 0.5) is 11.4 Å². The van der Waals surface area contributed by atoms with Crippen molar-refractivity contribution in [3.63, 3.8) is 0 Å². The Labute approximate surface area is 200 Å². The van der Waals surface area contributed by atoms with Gasteiger partial charge in [0.1, 0.15) is 6.54 Å². The molecule has 0 radical (unpaired) electrons. The van der Waals surface area contributed by atoms with Gasteiger partial charge in [-0.05, 0) is 62.2 Å². The van der Waals surface area contributed by atoms with Gasteiger partial charge in [0.15, 0.2) is 11.5 Å². The van der Waals surface area contributed by atoms with E-state index in [2.05, 4.69) is 5.32 Å². The summed E-state index contributed by atoms with van der Waals surface area (Å²) in [5.74, 6) is 1.20. The summed E-state index contributed by atoms with van der Waals surface area (Å²) in [5.41, 5.74) is 2.03. The second-order valence-corrected chi connectivity index (χ2v) is 9.66. The topological polar surface area (TPSA) is 84.9 Å². The van der Waals surface area contributed by atoms with Crippen molar-refractivity contribution < 1.29 is 22.7 Å². The number of ether oxygens (including phenoxy) is 2. The van der Waals surface area contributed by atoms with E-state index in [9.17, 15) is 13.2 Å². The molecule has 0 bridgehead atoms. The molecule has 0 aliphatic carbocycles. The molecule has 0 aromatic heterocycles. The standard InChI is InChI=1S/C26H28N2O5S/c1-3-32-22-14-13-19(17-23(22)33-4-2)15-16-27-26(29)18-28-20-9-5-7-11-24(20)34(30,31)25-12-8-6-10-21(25)28/h5-14,17H,3-4,15-16,18H2,1-2H3,(H,27,29). The quantitative estimate of drug-likeness (QED) is 0.496. The molecule has 0 saturated carbocycles. The fraction of sp³-hybridized carbons (Fsp3) is 0.269. The third-order valence-electron chi connectivity index (χ3n) is 5.54. The van der Waals surface area contributed by atoms with Crippen molar-refractivity contribution in [3.05, 3.63) is 72.3 Å². The molecule has 4 rings (SSSR count). The third-order valence-corrected chi connectivity index (χ3v) is 7.39. The summed E-state index contributed by atoms with van der Waals surface area (Å²) in [6.45, 7) is 5.39. The Morgan fingerprint density at radius 1 is 0.853 bits per heavy atom. The van der Waals surface area contributed by atoms with Gasteiger partial charge in [0, 0.05) is 6.54 Å². The van der Waals surface area contributed by atoms with Gasteiger partial charge in [0.05, 0.1) is 34.4 Å². The normalized spacial score (nSPS) is 13.5. The molecular formula is C26H28N2O5S. The zero-order valence-electron chi connectivity index (χ0n) is 19.3. The predicted octanol–water partition coefficient (Wildman–Crippen LogP) is 4.13. The number of hydrogen-bond acceptors (Lipinski definition) is 6. The lowest BCUT2D eigenvalue weighted by molar-refractivity contribution is -0.119. The average molecular weight is 481 g/mol. The van der Waals surface area contributed by atoms with Crippen LogP contribution in [0.25, 0.3) is 0 Å². The summed E-state index contributed by atoms with van der Waals surface area (Å²) in [6.07, 6.45) is 0.625. The van der Waals surface area contributed by atoms with Crippen LogP contribution in [-0.2, 0) is 21.1 Å². The molecule has 1 amide bonds. The Balaban J connectivity index is 1.46. The molecule has 0 saturated heterocycles. The van der Waals surface area contributed by atoms with Crippen molar-refractivity contribution in [1.29, 1.82) is 0 Å². The lowest BCUT2D eigenvalue weighted by atomic mass is 10.1. The number of carbonyl (C=O) groups excluding carboxylic acids is 1. The Hall–Kier alpha value is -3.52. The molecule has 0 fully saturated rings. The summed E-state index contributed by atoms with van der Waals surface area (Å²) in [6, 6.07) is 19.3. The molecule has 3 aromatic rings. The van der Waals surface area contributed by atoms with E-state index in [1.807, 2.05) is 32.0 Å². The summed E-state index contributed by atoms with van der Waals surface area (Å²) < 4.78 is 37.4. The number of nitrogens with one attached hydrogen (secondary N) is 1. The first-order valence-corrected chi connectivity index (χ1v) is 12.8. The van der Waals surface area contributed by atoms with Gasteiger partial charge >= 0.3 is 0 Å². The molecule has 1 heterocycles. The van der Waals surface area contributed by atoms with E-state index in [1.54, 1.807) is 53.4 Å². The Kier molecular flexibility index (Phi) is 7.07. The number of para-hydroxylation sites is 2. The molecule has 34 heavy (non-hydrogen) atoms. The maximum atomic E-state index is 13.0. The van der Waals surface area contributed by atoms with Gasteiger partial charge in [-0.15, -0.1) is 0 Å². The number of nitrogens with zero attached hydrogens (tertiary/aromatic N) is 1. The Morgan fingerprint density at radius 2 is 1.44 bits per heavy atom. The van der Waals surface area contributed by atoms with Gasteiger partial charge in [-0.3, -0.25) is 4.79 Å². The number of anilines is 2. The molecule has 1 aliphatic heterocycles. The van der Waals surface area contributed by atoms with E-state index >= 15 is 0 Å². The van der Waals surface area contributed by atoms with Gasteiger partial charge < -0.3 is 19.7 Å². The van der Waals surface area contributed by atoms with Gasteiger partial charge in [0.2, 0.25) is 15.7 Å². The van der Waals surface area contributed by atoms with E-state index in [-0.39, 0.29) is 22.2 Å². The maximum Gasteiger partial charge on any atom is 0.239 e. The van der Waals surface area contributed by atoms with Crippen LogP contribution in [0, 0.1) is 0 Å². The number of amides is 1. The largest absolute Gasteiger partial charge is 0.490 e. The van der Waals surface area contributed by atoms with E-state index in [1.165, 1.54) is 0 Å². The molecule has 3 aromatic carbocycles. The lowest BCUT2D eigenvalue weighted by Gasteiger charge is -2.32. The second-order valence-electron chi connectivity index (χ2n) is 7.77. The molecular weight excluding hydrogens is 452 g/mol. The van der Waals surface area contributed by atoms with Crippen LogP contribution in [0.3, 0.4) is 0 Å². The highest BCUT2D eigenvalue weighted by molar-refractivity contribution is 7.92. The second kappa shape index (κ2) is 10.2. The minimum atomic E-state index is -3.64. The van der Waals surface area contributed by atoms with E-state index in [0.717, 1.165) is 5.56 Å². The summed E-state index contributed by atoms with van der Waals surface area (Å²) in [5, 5.41) is 2.95. The van der Waals surface area contributed by atoms with Crippen LogP contribution >= 0.6 is 0 Å². The number of benzene rings is 3. The minimum Gasteiger partial charge on any atom is -0.490 e. The van der Waals surface area contributed by atoms with Crippen LogP contribution in [0.5, 0.6) is 11.5 Å². The van der Waals surface area contributed by atoms with Gasteiger partial charge in [-0.1, -0.05) is 30.3 Å². The zero-order chi connectivity index (χ0) is 24.1. The summed E-state index contributed by atoms with van der Waals surface area (Å²) >= 11 is 0. The van der Waals surface area contributed by atoms with E-state index in [4.69, 9.17) is 9.47 Å².